The quantitative estimate of drug-likeness (QED) is 0.497. The molecular formula is C22H22N2O4. The maximum absolute atomic E-state index is 12.5. The Labute approximate surface area is 163 Å². The second kappa shape index (κ2) is 8.52. The largest absolute Gasteiger partial charge is 0.462 e. The monoisotopic (exact) mass is 378 g/mol. The van der Waals surface area contributed by atoms with E-state index in [1.807, 2.05) is 31.2 Å². The molecule has 1 heterocycles. The van der Waals surface area contributed by atoms with Gasteiger partial charge in [-0.25, -0.2) is 4.79 Å². The summed E-state index contributed by atoms with van der Waals surface area (Å²) in [5, 5.41) is 3.66. The summed E-state index contributed by atoms with van der Waals surface area (Å²) < 4.78 is 6.72. The summed E-state index contributed by atoms with van der Waals surface area (Å²) in [6, 6.07) is 14.1. The molecular weight excluding hydrogens is 356 g/mol. The molecule has 0 radical (unpaired) electrons. The molecule has 0 aliphatic heterocycles. The Hall–Kier alpha value is -3.41. The molecule has 0 saturated carbocycles. The molecule has 2 aromatic carbocycles. The number of rotatable bonds is 7. The smallest absolute Gasteiger partial charge is 0.338 e. The van der Waals surface area contributed by atoms with Crippen molar-refractivity contribution in [3.63, 3.8) is 0 Å². The molecule has 0 saturated heterocycles. The fourth-order valence-electron chi connectivity index (χ4n) is 3.05. The minimum Gasteiger partial charge on any atom is -0.462 e. The van der Waals surface area contributed by atoms with E-state index in [0.29, 0.717) is 29.8 Å². The average Bonchev–Trinajstić information content (AvgIpc) is 3.06. The van der Waals surface area contributed by atoms with E-state index in [9.17, 15) is 14.4 Å². The normalized spacial score (nSPS) is 10.6. The first-order valence-electron chi connectivity index (χ1n) is 9.21. The van der Waals surface area contributed by atoms with Crippen molar-refractivity contribution in [1.29, 1.82) is 0 Å². The molecule has 3 aromatic rings. The van der Waals surface area contributed by atoms with Gasteiger partial charge in [-0.3, -0.25) is 9.59 Å². The van der Waals surface area contributed by atoms with Crippen LogP contribution in [0, 0.1) is 0 Å². The predicted molar refractivity (Wildman–Crippen MR) is 108 cm³/mol. The van der Waals surface area contributed by atoms with Gasteiger partial charge >= 0.3 is 5.97 Å². The van der Waals surface area contributed by atoms with Gasteiger partial charge in [-0.05, 0) is 37.3 Å². The number of hydrogen-bond donors (Lipinski definition) is 1. The molecule has 0 fully saturated rings. The first-order valence-corrected chi connectivity index (χ1v) is 9.21. The summed E-state index contributed by atoms with van der Waals surface area (Å²) in [6.07, 6.45) is 2.15. The van der Waals surface area contributed by atoms with Gasteiger partial charge in [-0.15, -0.1) is 0 Å². The third-order valence-corrected chi connectivity index (χ3v) is 4.40. The molecule has 1 N–H and O–H groups in total. The number of carbonyl (C=O) groups is 3. The van der Waals surface area contributed by atoms with Gasteiger partial charge < -0.3 is 14.6 Å². The molecule has 28 heavy (non-hydrogen) atoms. The highest BCUT2D eigenvalue weighted by atomic mass is 16.5. The minimum atomic E-state index is -0.396. The first-order chi connectivity index (χ1) is 13.5. The van der Waals surface area contributed by atoms with Gasteiger partial charge in [0, 0.05) is 34.8 Å². The van der Waals surface area contributed by atoms with Crippen molar-refractivity contribution >= 4 is 34.3 Å². The summed E-state index contributed by atoms with van der Waals surface area (Å²) in [7, 11) is 0. The van der Waals surface area contributed by atoms with E-state index < -0.39 is 5.97 Å². The number of fused-ring (bicyclic) bond motifs is 1. The fourth-order valence-corrected chi connectivity index (χ4v) is 3.05. The Kier molecular flexibility index (Phi) is 5.89. The van der Waals surface area contributed by atoms with Gasteiger partial charge in [0.2, 0.25) is 5.91 Å². The Morgan fingerprint density at radius 2 is 1.71 bits per heavy atom. The van der Waals surface area contributed by atoms with Gasteiger partial charge in [0.25, 0.3) is 0 Å². The van der Waals surface area contributed by atoms with Crippen LogP contribution in [-0.2, 0) is 16.1 Å². The summed E-state index contributed by atoms with van der Waals surface area (Å²) in [5.74, 6) is -0.572. The molecule has 144 valence electrons. The van der Waals surface area contributed by atoms with Crippen molar-refractivity contribution in [2.45, 2.75) is 26.8 Å². The number of anilines is 1. The van der Waals surface area contributed by atoms with Gasteiger partial charge in [-0.1, -0.05) is 25.1 Å². The van der Waals surface area contributed by atoms with Crippen LogP contribution in [0.15, 0.2) is 54.7 Å². The number of amides is 1. The van der Waals surface area contributed by atoms with Crippen LogP contribution in [0.1, 0.15) is 41.0 Å². The number of carbonyl (C=O) groups excluding carboxylic acids is 3. The standard InChI is InChI=1S/C22H22N2O4/c1-3-20(25)18-13-24(19-8-6-5-7-17(18)19)14-21(26)23-16-11-9-15(10-12-16)22(27)28-4-2/h5-13H,3-4,14H2,1-2H3,(H,23,26). The topological polar surface area (TPSA) is 77.4 Å². The van der Waals surface area contributed by atoms with Crippen LogP contribution in [0.3, 0.4) is 0 Å². The number of nitrogens with one attached hydrogen (secondary N) is 1. The lowest BCUT2D eigenvalue weighted by Crippen LogP contribution is -2.18. The van der Waals surface area contributed by atoms with Crippen LogP contribution in [0.4, 0.5) is 5.69 Å². The van der Waals surface area contributed by atoms with Crippen LogP contribution in [0.5, 0.6) is 0 Å². The lowest BCUT2D eigenvalue weighted by atomic mass is 10.1. The molecule has 0 aliphatic carbocycles. The summed E-state index contributed by atoms with van der Waals surface area (Å²) >= 11 is 0. The van der Waals surface area contributed by atoms with Crippen LogP contribution < -0.4 is 5.32 Å². The molecule has 1 aromatic heterocycles. The highest BCUT2D eigenvalue weighted by Gasteiger charge is 2.15. The van der Waals surface area contributed by atoms with E-state index in [0.717, 1.165) is 10.9 Å². The number of Topliss-reactive ketones (excluding diaryl/α,β-unsaturated/α-hetero) is 1. The van der Waals surface area contributed by atoms with Crippen molar-refractivity contribution in [3.8, 4) is 0 Å². The Balaban J connectivity index is 1.75. The molecule has 3 rings (SSSR count). The van der Waals surface area contributed by atoms with Crippen LogP contribution in [0.25, 0.3) is 10.9 Å². The molecule has 0 bridgehead atoms. The Morgan fingerprint density at radius 3 is 2.39 bits per heavy atom. The second-order valence-corrected chi connectivity index (χ2v) is 6.31. The number of ether oxygens (including phenoxy) is 1. The fraction of sp³-hybridized carbons (Fsp3) is 0.227. The lowest BCUT2D eigenvalue weighted by molar-refractivity contribution is -0.116. The van der Waals surface area contributed by atoms with Crippen molar-refractivity contribution < 1.29 is 19.1 Å². The molecule has 6 heteroatoms. The molecule has 0 unspecified atom stereocenters. The average molecular weight is 378 g/mol. The summed E-state index contributed by atoms with van der Waals surface area (Å²) in [4.78, 5) is 36.4. The first kappa shape index (κ1) is 19.4. The van der Waals surface area contributed by atoms with Crippen LogP contribution in [-0.4, -0.2) is 28.8 Å². The summed E-state index contributed by atoms with van der Waals surface area (Å²) in [5.41, 5.74) is 2.48. The van der Waals surface area contributed by atoms with E-state index in [-0.39, 0.29) is 18.2 Å². The van der Waals surface area contributed by atoms with Crippen molar-refractivity contribution in [1.82, 2.24) is 4.57 Å². The second-order valence-electron chi connectivity index (χ2n) is 6.31. The zero-order valence-corrected chi connectivity index (χ0v) is 15.9. The van der Waals surface area contributed by atoms with Crippen LogP contribution in [0.2, 0.25) is 0 Å². The molecule has 6 nitrogen and oxygen atoms in total. The highest BCUT2D eigenvalue weighted by molar-refractivity contribution is 6.08. The zero-order valence-electron chi connectivity index (χ0n) is 15.9. The highest BCUT2D eigenvalue weighted by Crippen LogP contribution is 2.23. The molecule has 0 spiro atoms. The maximum atomic E-state index is 12.5. The van der Waals surface area contributed by atoms with Crippen molar-refractivity contribution in [2.24, 2.45) is 0 Å². The lowest BCUT2D eigenvalue weighted by Gasteiger charge is -2.08. The predicted octanol–water partition coefficient (Wildman–Crippen LogP) is 4.05. The third-order valence-electron chi connectivity index (χ3n) is 4.40. The Bertz CT molecular complexity index is 1020. The SMILES string of the molecule is CCOC(=O)c1ccc(NC(=O)Cn2cc(C(=O)CC)c3ccccc32)cc1. The zero-order chi connectivity index (χ0) is 20.1. The van der Waals surface area contributed by atoms with E-state index in [1.54, 1.807) is 42.0 Å². The number of esters is 1. The molecule has 0 atom stereocenters. The van der Waals surface area contributed by atoms with E-state index in [2.05, 4.69) is 5.32 Å². The van der Waals surface area contributed by atoms with Crippen molar-refractivity contribution in [2.75, 3.05) is 11.9 Å². The maximum Gasteiger partial charge on any atom is 0.338 e. The minimum absolute atomic E-state index is 0.0462. The third kappa shape index (κ3) is 4.11. The van der Waals surface area contributed by atoms with E-state index >= 15 is 0 Å². The molecule has 1 amide bonds. The van der Waals surface area contributed by atoms with Gasteiger partial charge in [-0.2, -0.15) is 0 Å². The van der Waals surface area contributed by atoms with Crippen molar-refractivity contribution in [3.05, 3.63) is 65.9 Å². The number of para-hydroxylation sites is 1. The van der Waals surface area contributed by atoms with Gasteiger partial charge in [0.05, 0.1) is 12.2 Å². The van der Waals surface area contributed by atoms with Gasteiger partial charge in [0.1, 0.15) is 6.54 Å². The van der Waals surface area contributed by atoms with E-state index in [4.69, 9.17) is 4.74 Å². The number of hydrogen-bond acceptors (Lipinski definition) is 4. The number of ketones is 1. The summed E-state index contributed by atoms with van der Waals surface area (Å²) in [6.45, 7) is 3.96. The molecule has 0 aliphatic rings. The Morgan fingerprint density at radius 1 is 1.00 bits per heavy atom. The van der Waals surface area contributed by atoms with Gasteiger partial charge in [0.15, 0.2) is 5.78 Å². The van der Waals surface area contributed by atoms with Crippen LogP contribution >= 0.6 is 0 Å². The number of nitrogens with zero attached hydrogens (tertiary/aromatic N) is 1. The number of benzene rings is 2. The van der Waals surface area contributed by atoms with E-state index in [1.165, 1.54) is 0 Å². The number of aromatic nitrogens is 1.